The number of carbonyl (C=O) groups is 1. The van der Waals surface area contributed by atoms with E-state index in [9.17, 15) is 13.6 Å². The molecule has 0 atom stereocenters. The fourth-order valence-electron chi connectivity index (χ4n) is 1.42. The summed E-state index contributed by atoms with van der Waals surface area (Å²) in [6.45, 7) is 0. The molecular formula is C13H10F2N2O3. The summed E-state index contributed by atoms with van der Waals surface area (Å²) in [7, 11) is 1.19. The normalized spacial score (nSPS) is 10.2. The molecule has 0 saturated heterocycles. The Labute approximate surface area is 112 Å². The molecule has 0 aliphatic carbocycles. The number of nitrogen functional groups attached to an aromatic ring is 1. The fraction of sp³-hybridized carbons (Fsp3) is 0.0769. The number of hydrogen-bond acceptors (Lipinski definition) is 5. The van der Waals surface area contributed by atoms with Gasteiger partial charge in [-0.2, -0.15) is 4.39 Å². The highest BCUT2D eigenvalue weighted by Crippen LogP contribution is 2.28. The number of aromatic nitrogens is 1. The van der Waals surface area contributed by atoms with Crippen LogP contribution in [0.15, 0.2) is 30.3 Å². The molecule has 5 nitrogen and oxygen atoms in total. The van der Waals surface area contributed by atoms with Crippen LogP contribution in [0.5, 0.6) is 11.6 Å². The van der Waals surface area contributed by atoms with Crippen molar-refractivity contribution < 1.29 is 23.0 Å². The van der Waals surface area contributed by atoms with Crippen LogP contribution in [0.1, 0.15) is 10.5 Å². The fourth-order valence-corrected chi connectivity index (χ4v) is 1.42. The summed E-state index contributed by atoms with van der Waals surface area (Å²) in [6, 6.07) is 6.12. The van der Waals surface area contributed by atoms with Crippen LogP contribution in [0.2, 0.25) is 0 Å². The van der Waals surface area contributed by atoms with Crippen molar-refractivity contribution in [3.05, 3.63) is 47.7 Å². The van der Waals surface area contributed by atoms with Gasteiger partial charge < -0.3 is 15.2 Å². The predicted molar refractivity (Wildman–Crippen MR) is 66.4 cm³/mol. The molecule has 0 amide bonds. The van der Waals surface area contributed by atoms with Crippen molar-refractivity contribution in [3.8, 4) is 11.6 Å². The van der Waals surface area contributed by atoms with Crippen molar-refractivity contribution in [1.29, 1.82) is 0 Å². The zero-order valence-electron chi connectivity index (χ0n) is 10.4. The number of ether oxygens (including phenoxy) is 2. The summed E-state index contributed by atoms with van der Waals surface area (Å²) in [5.74, 6) is -3.53. The van der Waals surface area contributed by atoms with E-state index in [1.807, 2.05) is 0 Å². The number of carbonyl (C=O) groups excluding carboxylic acids is 1. The maximum absolute atomic E-state index is 13.5. The van der Waals surface area contributed by atoms with E-state index in [0.717, 1.165) is 6.07 Å². The molecule has 0 spiro atoms. The van der Waals surface area contributed by atoms with Gasteiger partial charge in [0.2, 0.25) is 11.7 Å². The van der Waals surface area contributed by atoms with Gasteiger partial charge in [0.1, 0.15) is 0 Å². The lowest BCUT2D eigenvalue weighted by Crippen LogP contribution is -2.06. The first-order valence-electron chi connectivity index (χ1n) is 5.49. The molecule has 0 unspecified atom stereocenters. The number of anilines is 1. The number of nitrogens with two attached hydrogens (primary N) is 1. The minimum Gasteiger partial charge on any atom is -0.464 e. The minimum absolute atomic E-state index is 0.0616. The lowest BCUT2D eigenvalue weighted by Gasteiger charge is -2.09. The molecule has 1 aromatic carbocycles. The third-order valence-corrected chi connectivity index (χ3v) is 2.41. The molecule has 104 valence electrons. The van der Waals surface area contributed by atoms with Crippen LogP contribution in [0.4, 0.5) is 14.5 Å². The van der Waals surface area contributed by atoms with Crippen molar-refractivity contribution in [2.24, 2.45) is 0 Å². The minimum atomic E-state index is -1.17. The first-order chi connectivity index (χ1) is 9.52. The first-order valence-corrected chi connectivity index (χ1v) is 5.49. The molecule has 1 heterocycles. The molecular weight excluding hydrogens is 270 g/mol. The topological polar surface area (TPSA) is 74.4 Å². The van der Waals surface area contributed by atoms with Gasteiger partial charge in [-0.25, -0.2) is 14.2 Å². The Bertz CT molecular complexity index is 662. The molecule has 0 fully saturated rings. The second-order valence-corrected chi connectivity index (χ2v) is 3.74. The molecule has 0 saturated carbocycles. The highest BCUT2D eigenvalue weighted by molar-refractivity contribution is 5.87. The van der Waals surface area contributed by atoms with E-state index in [0.29, 0.717) is 0 Å². The second kappa shape index (κ2) is 5.52. The molecule has 0 bridgehead atoms. The molecule has 2 rings (SSSR count). The Hall–Kier alpha value is -2.70. The number of methoxy groups -OCH3 is 1. The van der Waals surface area contributed by atoms with E-state index in [-0.39, 0.29) is 23.0 Å². The molecule has 0 aliphatic heterocycles. The van der Waals surface area contributed by atoms with Crippen molar-refractivity contribution >= 4 is 11.7 Å². The molecule has 0 radical (unpaired) electrons. The van der Waals surface area contributed by atoms with Crippen LogP contribution in [0.3, 0.4) is 0 Å². The van der Waals surface area contributed by atoms with Gasteiger partial charge in [-0.15, -0.1) is 0 Å². The van der Waals surface area contributed by atoms with Crippen molar-refractivity contribution in [2.45, 2.75) is 0 Å². The number of esters is 1. The van der Waals surface area contributed by atoms with Gasteiger partial charge in [-0.3, -0.25) is 0 Å². The van der Waals surface area contributed by atoms with Gasteiger partial charge in [0.05, 0.1) is 12.8 Å². The van der Waals surface area contributed by atoms with E-state index >= 15 is 0 Å². The highest BCUT2D eigenvalue weighted by Gasteiger charge is 2.15. The van der Waals surface area contributed by atoms with Crippen LogP contribution in [-0.2, 0) is 4.74 Å². The van der Waals surface area contributed by atoms with Gasteiger partial charge in [0, 0.05) is 0 Å². The smallest absolute Gasteiger partial charge is 0.356 e. The summed E-state index contributed by atoms with van der Waals surface area (Å²) < 4.78 is 36.1. The third kappa shape index (κ3) is 2.66. The standard InChI is InChI=1S/C13H10F2N2O3/c1-19-13(18)9-6-5-8(16)12(17-9)20-10-4-2-3-7(14)11(10)15/h2-6H,16H2,1H3. The predicted octanol–water partition coefficient (Wildman–Crippen LogP) is 2.52. The van der Waals surface area contributed by atoms with E-state index in [2.05, 4.69) is 9.72 Å². The lowest BCUT2D eigenvalue weighted by molar-refractivity contribution is 0.0593. The molecule has 1 aromatic heterocycles. The SMILES string of the molecule is COC(=O)c1ccc(N)c(Oc2cccc(F)c2F)n1. The van der Waals surface area contributed by atoms with E-state index in [4.69, 9.17) is 10.5 Å². The lowest BCUT2D eigenvalue weighted by atomic mass is 10.3. The molecule has 7 heteroatoms. The van der Waals surface area contributed by atoms with E-state index in [1.54, 1.807) is 0 Å². The molecule has 2 aromatic rings. The Morgan fingerprint density at radius 3 is 2.70 bits per heavy atom. The molecule has 0 aliphatic rings. The summed E-state index contributed by atoms with van der Waals surface area (Å²) in [4.78, 5) is 15.1. The number of benzene rings is 1. The number of rotatable bonds is 3. The maximum Gasteiger partial charge on any atom is 0.356 e. The first kappa shape index (κ1) is 13.7. The van der Waals surface area contributed by atoms with Gasteiger partial charge in [0.25, 0.3) is 0 Å². The zero-order valence-corrected chi connectivity index (χ0v) is 10.4. The maximum atomic E-state index is 13.5. The van der Waals surface area contributed by atoms with Crippen molar-refractivity contribution in [2.75, 3.05) is 12.8 Å². The Morgan fingerprint density at radius 2 is 2.00 bits per heavy atom. The van der Waals surface area contributed by atoms with E-state index in [1.165, 1.54) is 31.4 Å². The van der Waals surface area contributed by atoms with Crippen LogP contribution in [0, 0.1) is 11.6 Å². The third-order valence-electron chi connectivity index (χ3n) is 2.41. The Kier molecular flexibility index (Phi) is 3.79. The monoisotopic (exact) mass is 280 g/mol. The van der Waals surface area contributed by atoms with Gasteiger partial charge >= 0.3 is 5.97 Å². The highest BCUT2D eigenvalue weighted by atomic mass is 19.2. The number of halogens is 2. The summed E-state index contributed by atoms with van der Waals surface area (Å²) >= 11 is 0. The molecule has 20 heavy (non-hydrogen) atoms. The van der Waals surface area contributed by atoms with Crippen LogP contribution in [0.25, 0.3) is 0 Å². The number of nitrogens with zero attached hydrogens (tertiary/aromatic N) is 1. The van der Waals surface area contributed by atoms with E-state index < -0.39 is 17.6 Å². The average Bonchev–Trinajstić information content (AvgIpc) is 2.45. The molecule has 2 N–H and O–H groups in total. The zero-order chi connectivity index (χ0) is 14.7. The van der Waals surface area contributed by atoms with Crippen LogP contribution >= 0.6 is 0 Å². The largest absolute Gasteiger partial charge is 0.464 e. The second-order valence-electron chi connectivity index (χ2n) is 3.74. The number of pyridine rings is 1. The van der Waals surface area contributed by atoms with Gasteiger partial charge in [-0.05, 0) is 24.3 Å². The summed E-state index contributed by atoms with van der Waals surface area (Å²) in [5, 5.41) is 0. The summed E-state index contributed by atoms with van der Waals surface area (Å²) in [5.41, 5.74) is 5.62. The van der Waals surface area contributed by atoms with Crippen molar-refractivity contribution in [1.82, 2.24) is 4.98 Å². The van der Waals surface area contributed by atoms with Gasteiger partial charge in [0.15, 0.2) is 17.3 Å². The van der Waals surface area contributed by atoms with Crippen molar-refractivity contribution in [3.63, 3.8) is 0 Å². The summed E-state index contributed by atoms with van der Waals surface area (Å²) in [6.07, 6.45) is 0. The Morgan fingerprint density at radius 1 is 1.25 bits per heavy atom. The quantitative estimate of drug-likeness (QED) is 0.874. The van der Waals surface area contributed by atoms with Crippen LogP contribution < -0.4 is 10.5 Å². The number of hydrogen-bond donors (Lipinski definition) is 1. The average molecular weight is 280 g/mol. The van der Waals surface area contributed by atoms with Crippen LogP contribution in [-0.4, -0.2) is 18.1 Å². The van der Waals surface area contributed by atoms with Gasteiger partial charge in [-0.1, -0.05) is 6.07 Å². The Balaban J connectivity index is 2.38.